The van der Waals surface area contributed by atoms with Gasteiger partial charge in [0.05, 0.1) is 5.54 Å². The zero-order valence-electron chi connectivity index (χ0n) is 12.7. The van der Waals surface area contributed by atoms with E-state index in [2.05, 4.69) is 4.98 Å². The predicted octanol–water partition coefficient (Wildman–Crippen LogP) is 1.99. The molecule has 2 aliphatic heterocycles. The van der Waals surface area contributed by atoms with Crippen LogP contribution in [0.2, 0.25) is 0 Å². The van der Waals surface area contributed by atoms with Crippen LogP contribution in [-0.2, 0) is 15.1 Å². The van der Waals surface area contributed by atoms with Gasteiger partial charge in [0.25, 0.3) is 0 Å². The molecule has 0 bridgehead atoms. The van der Waals surface area contributed by atoms with Crippen molar-refractivity contribution in [1.82, 2.24) is 14.8 Å². The molecule has 0 saturated carbocycles. The number of carbonyl (C=O) groups excluding carboxylic acids is 2. The standard InChI is InChI=1S/C15H21N3O2S/c1-10-12(19)17-8-5-4-6-11(17)13(20)18(10)15(2,3)14-16-7-9-21-14/h7,9-11H,4-6,8H2,1-3H3. The maximum atomic E-state index is 13.0. The Morgan fingerprint density at radius 3 is 2.71 bits per heavy atom. The van der Waals surface area contributed by atoms with Crippen molar-refractivity contribution in [1.29, 1.82) is 0 Å². The molecule has 5 nitrogen and oxygen atoms in total. The largest absolute Gasteiger partial charge is 0.329 e. The lowest BCUT2D eigenvalue weighted by Gasteiger charge is -2.51. The van der Waals surface area contributed by atoms with E-state index >= 15 is 0 Å². The van der Waals surface area contributed by atoms with Crippen LogP contribution in [0.3, 0.4) is 0 Å². The summed E-state index contributed by atoms with van der Waals surface area (Å²) in [6.07, 6.45) is 4.54. The third kappa shape index (κ3) is 2.16. The minimum Gasteiger partial charge on any atom is -0.329 e. The maximum absolute atomic E-state index is 13.0. The first-order valence-corrected chi connectivity index (χ1v) is 8.36. The smallest absolute Gasteiger partial charge is 0.246 e. The van der Waals surface area contributed by atoms with Crippen LogP contribution in [0.25, 0.3) is 0 Å². The Bertz CT molecular complexity index is 555. The van der Waals surface area contributed by atoms with E-state index in [1.807, 2.05) is 26.2 Å². The van der Waals surface area contributed by atoms with Crippen LogP contribution in [0.1, 0.15) is 45.0 Å². The van der Waals surface area contributed by atoms with Crippen molar-refractivity contribution >= 4 is 23.2 Å². The number of aromatic nitrogens is 1. The van der Waals surface area contributed by atoms with Gasteiger partial charge < -0.3 is 9.80 Å². The first kappa shape index (κ1) is 14.5. The lowest BCUT2D eigenvalue weighted by Crippen LogP contribution is -2.68. The number of hydrogen-bond donors (Lipinski definition) is 0. The molecule has 0 aliphatic carbocycles. The molecule has 114 valence electrons. The summed E-state index contributed by atoms with van der Waals surface area (Å²) in [6, 6.07) is -0.701. The number of hydrogen-bond acceptors (Lipinski definition) is 4. The van der Waals surface area contributed by atoms with Crippen molar-refractivity contribution in [3.8, 4) is 0 Å². The number of nitrogens with zero attached hydrogens (tertiary/aromatic N) is 3. The highest BCUT2D eigenvalue weighted by Crippen LogP contribution is 2.36. The van der Waals surface area contributed by atoms with E-state index in [1.54, 1.807) is 16.0 Å². The van der Waals surface area contributed by atoms with Crippen molar-refractivity contribution in [2.45, 2.75) is 57.7 Å². The number of amides is 2. The molecule has 0 N–H and O–H groups in total. The molecule has 2 aliphatic rings. The Hall–Kier alpha value is -1.43. The molecule has 21 heavy (non-hydrogen) atoms. The SMILES string of the molecule is CC1C(=O)N2CCCCC2C(=O)N1C(C)(C)c1nccs1. The summed E-state index contributed by atoms with van der Waals surface area (Å²) in [5, 5.41) is 2.78. The van der Waals surface area contributed by atoms with Crippen LogP contribution in [-0.4, -0.2) is 45.2 Å². The molecule has 1 aromatic heterocycles. The minimum atomic E-state index is -0.552. The zero-order valence-corrected chi connectivity index (χ0v) is 13.5. The fourth-order valence-corrected chi connectivity index (χ4v) is 4.30. The van der Waals surface area contributed by atoms with E-state index in [0.717, 1.165) is 24.3 Å². The predicted molar refractivity (Wildman–Crippen MR) is 80.8 cm³/mol. The monoisotopic (exact) mass is 307 g/mol. The lowest BCUT2D eigenvalue weighted by molar-refractivity contribution is -0.169. The number of piperazine rings is 1. The summed E-state index contributed by atoms with van der Waals surface area (Å²) >= 11 is 1.53. The summed E-state index contributed by atoms with van der Waals surface area (Å²) in [4.78, 5) is 33.5. The van der Waals surface area contributed by atoms with Gasteiger partial charge in [0.1, 0.15) is 17.1 Å². The number of piperidine rings is 1. The molecule has 2 amide bonds. The van der Waals surface area contributed by atoms with Gasteiger partial charge in [-0.2, -0.15) is 0 Å². The molecule has 1 aromatic rings. The van der Waals surface area contributed by atoms with Crippen molar-refractivity contribution in [3.63, 3.8) is 0 Å². The van der Waals surface area contributed by atoms with E-state index in [0.29, 0.717) is 6.54 Å². The van der Waals surface area contributed by atoms with Crippen molar-refractivity contribution in [3.05, 3.63) is 16.6 Å². The Morgan fingerprint density at radius 2 is 2.05 bits per heavy atom. The molecule has 0 spiro atoms. The number of carbonyl (C=O) groups is 2. The third-order valence-electron chi connectivity index (χ3n) is 4.61. The van der Waals surface area contributed by atoms with Crippen molar-refractivity contribution in [2.75, 3.05) is 6.54 Å². The molecule has 6 heteroatoms. The topological polar surface area (TPSA) is 53.5 Å². The second kappa shape index (κ2) is 5.09. The summed E-state index contributed by atoms with van der Waals surface area (Å²) in [5.41, 5.74) is -0.552. The first-order chi connectivity index (χ1) is 9.94. The Balaban J connectivity index is 1.98. The Labute approximate surface area is 129 Å². The van der Waals surface area contributed by atoms with Gasteiger partial charge in [0, 0.05) is 18.1 Å². The second-order valence-electron chi connectivity index (χ2n) is 6.32. The zero-order chi connectivity index (χ0) is 15.2. The van der Waals surface area contributed by atoms with E-state index in [4.69, 9.17) is 0 Å². The highest BCUT2D eigenvalue weighted by Gasteiger charge is 2.50. The number of thiazole rings is 1. The van der Waals surface area contributed by atoms with Crippen LogP contribution in [0.5, 0.6) is 0 Å². The molecular formula is C15H21N3O2S. The van der Waals surface area contributed by atoms with Gasteiger partial charge in [0.2, 0.25) is 11.8 Å². The van der Waals surface area contributed by atoms with Gasteiger partial charge in [0.15, 0.2) is 0 Å². The average molecular weight is 307 g/mol. The average Bonchev–Trinajstić information content (AvgIpc) is 3.00. The number of fused-ring (bicyclic) bond motifs is 1. The van der Waals surface area contributed by atoms with Crippen LogP contribution in [0.15, 0.2) is 11.6 Å². The third-order valence-corrected chi connectivity index (χ3v) is 5.70. The molecule has 2 fully saturated rings. The molecule has 2 saturated heterocycles. The Morgan fingerprint density at radius 1 is 1.29 bits per heavy atom. The molecule has 3 heterocycles. The highest BCUT2D eigenvalue weighted by molar-refractivity contribution is 7.09. The second-order valence-corrected chi connectivity index (χ2v) is 7.22. The fourth-order valence-electron chi connectivity index (χ4n) is 3.54. The van der Waals surface area contributed by atoms with E-state index < -0.39 is 11.6 Å². The molecule has 0 aromatic carbocycles. The maximum Gasteiger partial charge on any atom is 0.246 e. The minimum absolute atomic E-state index is 0.0713. The molecule has 2 unspecified atom stereocenters. The van der Waals surface area contributed by atoms with Crippen LogP contribution >= 0.6 is 11.3 Å². The van der Waals surface area contributed by atoms with Crippen molar-refractivity contribution in [2.24, 2.45) is 0 Å². The van der Waals surface area contributed by atoms with Gasteiger partial charge in [-0.15, -0.1) is 11.3 Å². The summed E-state index contributed by atoms with van der Waals surface area (Å²) in [5.74, 6) is 0.144. The van der Waals surface area contributed by atoms with E-state index in [-0.39, 0.29) is 17.9 Å². The Kier molecular flexibility index (Phi) is 3.51. The van der Waals surface area contributed by atoms with Gasteiger partial charge in [-0.05, 0) is 40.0 Å². The summed E-state index contributed by atoms with van der Waals surface area (Å²) in [7, 11) is 0. The lowest BCUT2D eigenvalue weighted by atomic mass is 9.91. The van der Waals surface area contributed by atoms with E-state index in [1.165, 1.54) is 11.3 Å². The van der Waals surface area contributed by atoms with Crippen LogP contribution in [0, 0.1) is 0 Å². The molecule has 3 rings (SSSR count). The van der Waals surface area contributed by atoms with Crippen molar-refractivity contribution < 1.29 is 9.59 Å². The van der Waals surface area contributed by atoms with Gasteiger partial charge >= 0.3 is 0 Å². The molecule has 2 atom stereocenters. The summed E-state index contributed by atoms with van der Waals surface area (Å²) in [6.45, 7) is 6.50. The fraction of sp³-hybridized carbons (Fsp3) is 0.667. The van der Waals surface area contributed by atoms with Gasteiger partial charge in [-0.1, -0.05) is 0 Å². The van der Waals surface area contributed by atoms with Crippen LogP contribution in [0.4, 0.5) is 0 Å². The molecule has 0 radical (unpaired) electrons. The normalized spacial score (nSPS) is 27.0. The quantitative estimate of drug-likeness (QED) is 0.839. The van der Waals surface area contributed by atoms with Crippen LogP contribution < -0.4 is 0 Å². The number of rotatable bonds is 2. The highest BCUT2D eigenvalue weighted by atomic mass is 32.1. The summed E-state index contributed by atoms with van der Waals surface area (Å²) < 4.78 is 0. The molecular weight excluding hydrogens is 286 g/mol. The first-order valence-electron chi connectivity index (χ1n) is 7.48. The van der Waals surface area contributed by atoms with Gasteiger partial charge in [-0.3, -0.25) is 9.59 Å². The van der Waals surface area contributed by atoms with Gasteiger partial charge in [-0.25, -0.2) is 4.98 Å². The van der Waals surface area contributed by atoms with E-state index in [9.17, 15) is 9.59 Å².